The van der Waals surface area contributed by atoms with Gasteiger partial charge >= 0.3 is 12.4 Å². The van der Waals surface area contributed by atoms with Crippen molar-refractivity contribution in [2.45, 2.75) is 31.1 Å². The molecule has 0 N–H and O–H groups in total. The van der Waals surface area contributed by atoms with Crippen molar-refractivity contribution >= 4 is 17.8 Å². The van der Waals surface area contributed by atoms with Crippen LogP contribution in [0.3, 0.4) is 0 Å². The minimum absolute atomic E-state index is 0.0687. The number of fused-ring (bicyclic) bond motifs is 1. The Hall–Kier alpha value is -2.36. The molecule has 1 atom stereocenters. The van der Waals surface area contributed by atoms with Gasteiger partial charge in [0.1, 0.15) is 17.3 Å². The lowest BCUT2D eigenvalue weighted by Gasteiger charge is -2.37. The highest BCUT2D eigenvalue weighted by Crippen LogP contribution is 2.42. The maximum absolute atomic E-state index is 13.3. The summed E-state index contributed by atoms with van der Waals surface area (Å²) in [7, 11) is 0. The maximum atomic E-state index is 13.3. The van der Waals surface area contributed by atoms with Crippen molar-refractivity contribution in [1.29, 1.82) is 0 Å². The lowest BCUT2D eigenvalue weighted by Crippen LogP contribution is -2.42. The third-order valence-corrected chi connectivity index (χ3v) is 5.97. The van der Waals surface area contributed by atoms with Gasteiger partial charge in [0.25, 0.3) is 0 Å². The Balaban J connectivity index is 1.57. The number of alkyl halides is 6. The Morgan fingerprint density at radius 3 is 2.35 bits per heavy atom. The van der Waals surface area contributed by atoms with Crippen LogP contribution in [0.2, 0.25) is 0 Å². The van der Waals surface area contributed by atoms with Gasteiger partial charge in [0, 0.05) is 24.8 Å². The van der Waals surface area contributed by atoms with Gasteiger partial charge in [0.15, 0.2) is 0 Å². The Bertz CT molecular complexity index is 971. The predicted octanol–water partition coefficient (Wildman–Crippen LogP) is 6.76. The summed E-state index contributed by atoms with van der Waals surface area (Å²) in [5.74, 6) is 1.50. The molecular formula is C21H18F6N2OS. The van der Waals surface area contributed by atoms with Gasteiger partial charge in [-0.2, -0.15) is 26.3 Å². The number of hydrogen-bond donors (Lipinski definition) is 0. The number of halogens is 6. The SMILES string of the molecule is FC(F)(F)c1ccc(Oc2ccc(C3CCCN4CCSN=C34)cc2)c(C(F)(F)F)c1. The van der Waals surface area contributed by atoms with Crippen LogP contribution in [0.15, 0.2) is 46.9 Å². The van der Waals surface area contributed by atoms with E-state index in [1.165, 1.54) is 24.1 Å². The summed E-state index contributed by atoms with van der Waals surface area (Å²) < 4.78 is 88.3. The van der Waals surface area contributed by atoms with Gasteiger partial charge in [-0.15, -0.1) is 0 Å². The molecule has 2 aliphatic heterocycles. The van der Waals surface area contributed by atoms with Gasteiger partial charge in [0.05, 0.1) is 11.1 Å². The third-order valence-electron chi connectivity index (χ3n) is 5.29. The van der Waals surface area contributed by atoms with Crippen LogP contribution in [0.1, 0.15) is 35.4 Å². The van der Waals surface area contributed by atoms with Crippen LogP contribution < -0.4 is 4.74 Å². The topological polar surface area (TPSA) is 24.8 Å². The quantitative estimate of drug-likeness (QED) is 0.374. The smallest absolute Gasteiger partial charge is 0.420 e. The van der Waals surface area contributed by atoms with Crippen LogP contribution in [-0.4, -0.2) is 29.6 Å². The zero-order chi connectivity index (χ0) is 22.2. The van der Waals surface area contributed by atoms with Gasteiger partial charge in [0.2, 0.25) is 0 Å². The number of rotatable bonds is 3. The Morgan fingerprint density at radius 2 is 1.68 bits per heavy atom. The van der Waals surface area contributed by atoms with Crippen LogP contribution in [0.4, 0.5) is 26.3 Å². The van der Waals surface area contributed by atoms with Gasteiger partial charge in [-0.05, 0) is 60.7 Å². The molecule has 10 heteroatoms. The fourth-order valence-corrected chi connectivity index (χ4v) is 4.56. The summed E-state index contributed by atoms with van der Waals surface area (Å²) in [4.78, 5) is 2.26. The normalized spacial score (nSPS) is 19.6. The molecule has 4 rings (SSSR count). The van der Waals surface area contributed by atoms with Crippen molar-refractivity contribution in [2.75, 3.05) is 18.8 Å². The van der Waals surface area contributed by atoms with E-state index in [9.17, 15) is 26.3 Å². The minimum Gasteiger partial charge on any atom is -0.457 e. The second kappa shape index (κ2) is 8.29. The summed E-state index contributed by atoms with van der Waals surface area (Å²) in [6.07, 6.45) is -7.92. The van der Waals surface area contributed by atoms with E-state index in [2.05, 4.69) is 9.30 Å². The number of hydrogen-bond acceptors (Lipinski definition) is 4. The zero-order valence-electron chi connectivity index (χ0n) is 16.1. The van der Waals surface area contributed by atoms with E-state index >= 15 is 0 Å². The van der Waals surface area contributed by atoms with Crippen LogP contribution in [0.5, 0.6) is 11.5 Å². The fourth-order valence-electron chi connectivity index (χ4n) is 3.79. The molecule has 31 heavy (non-hydrogen) atoms. The van der Waals surface area contributed by atoms with Crippen LogP contribution in [0.25, 0.3) is 0 Å². The average Bonchev–Trinajstić information content (AvgIpc) is 2.73. The molecule has 2 aliphatic rings. The first-order valence-electron chi connectivity index (χ1n) is 9.64. The molecule has 3 nitrogen and oxygen atoms in total. The molecule has 166 valence electrons. The highest BCUT2D eigenvalue weighted by atomic mass is 32.2. The molecule has 1 saturated heterocycles. The first kappa shape index (κ1) is 21.9. The van der Waals surface area contributed by atoms with Crippen molar-refractivity contribution in [1.82, 2.24) is 4.90 Å². The van der Waals surface area contributed by atoms with E-state index in [1.807, 2.05) is 0 Å². The van der Waals surface area contributed by atoms with E-state index in [4.69, 9.17) is 4.74 Å². The van der Waals surface area contributed by atoms with E-state index in [1.54, 1.807) is 12.1 Å². The van der Waals surface area contributed by atoms with E-state index in [-0.39, 0.29) is 17.7 Å². The summed E-state index contributed by atoms with van der Waals surface area (Å²) >= 11 is 1.53. The fraction of sp³-hybridized carbons (Fsp3) is 0.381. The first-order valence-corrected chi connectivity index (χ1v) is 10.6. The molecule has 0 saturated carbocycles. The Morgan fingerprint density at radius 1 is 0.935 bits per heavy atom. The summed E-state index contributed by atoms with van der Waals surface area (Å²) in [5, 5.41) is 0. The zero-order valence-corrected chi connectivity index (χ0v) is 16.9. The van der Waals surface area contributed by atoms with E-state index in [0.717, 1.165) is 43.1 Å². The predicted molar refractivity (Wildman–Crippen MR) is 106 cm³/mol. The van der Waals surface area contributed by atoms with Gasteiger partial charge in [-0.25, -0.2) is 4.40 Å². The number of nitrogens with zero attached hydrogens (tertiary/aromatic N) is 2. The van der Waals surface area contributed by atoms with Gasteiger partial charge in [-0.3, -0.25) is 0 Å². The third kappa shape index (κ3) is 4.78. The minimum atomic E-state index is -4.99. The summed E-state index contributed by atoms with van der Waals surface area (Å²) in [5.41, 5.74) is -1.87. The van der Waals surface area contributed by atoms with Crippen molar-refractivity contribution in [3.05, 3.63) is 59.2 Å². The maximum Gasteiger partial charge on any atom is 0.420 e. The monoisotopic (exact) mass is 460 g/mol. The van der Waals surface area contributed by atoms with Crippen LogP contribution in [0, 0.1) is 0 Å². The average molecular weight is 460 g/mol. The highest BCUT2D eigenvalue weighted by Gasteiger charge is 2.39. The molecular weight excluding hydrogens is 442 g/mol. The Labute approximate surface area is 179 Å². The molecule has 0 radical (unpaired) electrons. The number of piperidine rings is 1. The van der Waals surface area contributed by atoms with Gasteiger partial charge < -0.3 is 9.64 Å². The largest absolute Gasteiger partial charge is 0.457 e. The van der Waals surface area contributed by atoms with E-state index < -0.39 is 29.2 Å². The van der Waals surface area contributed by atoms with Crippen molar-refractivity contribution in [3.63, 3.8) is 0 Å². The van der Waals surface area contributed by atoms with Crippen molar-refractivity contribution in [2.24, 2.45) is 4.40 Å². The number of amidine groups is 1. The number of benzene rings is 2. The van der Waals surface area contributed by atoms with Crippen molar-refractivity contribution < 1.29 is 31.1 Å². The molecule has 2 aromatic rings. The molecule has 0 aliphatic carbocycles. The Kier molecular flexibility index (Phi) is 5.85. The number of ether oxygens (including phenoxy) is 1. The lowest BCUT2D eigenvalue weighted by molar-refractivity contribution is -0.143. The molecule has 1 fully saturated rings. The first-order chi connectivity index (χ1) is 14.6. The molecule has 2 heterocycles. The highest BCUT2D eigenvalue weighted by molar-refractivity contribution is 7.98. The summed E-state index contributed by atoms with van der Waals surface area (Å²) in [6.45, 7) is 1.90. The van der Waals surface area contributed by atoms with Crippen LogP contribution >= 0.6 is 11.9 Å². The standard InChI is InChI=1S/C21H18F6N2OS/c22-20(23,24)14-5-8-18(17(12-14)21(25,26)27)30-15-6-3-13(4-7-15)16-2-1-9-29-10-11-31-28-19(16)29/h3-8,12,16H,1-2,9-11H2. The molecule has 0 amide bonds. The second-order valence-electron chi connectivity index (χ2n) is 7.34. The van der Waals surface area contributed by atoms with Crippen molar-refractivity contribution in [3.8, 4) is 11.5 Å². The molecule has 2 aromatic carbocycles. The lowest BCUT2D eigenvalue weighted by atomic mass is 9.89. The molecule has 0 spiro atoms. The molecule has 0 aromatic heterocycles. The van der Waals surface area contributed by atoms with Gasteiger partial charge in [-0.1, -0.05) is 12.1 Å². The van der Waals surface area contributed by atoms with Crippen LogP contribution in [-0.2, 0) is 12.4 Å². The molecule has 1 unspecified atom stereocenters. The second-order valence-corrected chi connectivity index (χ2v) is 8.19. The molecule has 0 bridgehead atoms. The van der Waals surface area contributed by atoms with E-state index in [0.29, 0.717) is 12.1 Å². The summed E-state index contributed by atoms with van der Waals surface area (Å²) in [6, 6.07) is 7.94.